The van der Waals surface area contributed by atoms with Crippen LogP contribution in [0.1, 0.15) is 0 Å². The van der Waals surface area contributed by atoms with Crippen LogP contribution in [0.25, 0.3) is 0 Å². The van der Waals surface area contributed by atoms with Crippen molar-refractivity contribution in [2.24, 2.45) is 0 Å². The van der Waals surface area contributed by atoms with Crippen LogP contribution in [0.15, 0.2) is 24.3 Å². The zero-order valence-corrected chi connectivity index (χ0v) is 7.62. The van der Waals surface area contributed by atoms with Gasteiger partial charge in [0.1, 0.15) is 6.04 Å². The van der Waals surface area contributed by atoms with Crippen LogP contribution in [0.2, 0.25) is 5.02 Å². The highest BCUT2D eigenvalue weighted by Gasteiger charge is 2.04. The molecule has 0 radical (unpaired) electrons. The number of halogens is 1. The fraction of sp³-hybridized carbons (Fsp3) is 0.222. The summed E-state index contributed by atoms with van der Waals surface area (Å²) in [6, 6.07) is 8.33. The molecule has 68 valence electrons. The number of nitriles is 1. The van der Waals surface area contributed by atoms with Gasteiger partial charge in [-0.1, -0.05) is 17.7 Å². The standard InChI is InChI=1S/C9H9ClN2O/c10-7-2-1-3-8(4-7)12-9(5-11)6-13/h1-4,9,12-13H,6H2. The molecule has 0 heterocycles. The molecule has 0 amide bonds. The molecule has 3 nitrogen and oxygen atoms in total. The van der Waals surface area contributed by atoms with E-state index in [1.165, 1.54) is 0 Å². The number of nitrogens with zero attached hydrogens (tertiary/aromatic N) is 1. The first-order valence-electron chi connectivity index (χ1n) is 3.79. The summed E-state index contributed by atoms with van der Waals surface area (Å²) in [5.41, 5.74) is 0.730. The molecule has 0 fully saturated rings. The predicted octanol–water partition coefficient (Wildman–Crippen LogP) is 1.64. The number of aliphatic hydroxyl groups excluding tert-OH is 1. The van der Waals surface area contributed by atoms with Gasteiger partial charge in [0.25, 0.3) is 0 Å². The van der Waals surface area contributed by atoms with E-state index in [0.29, 0.717) is 5.02 Å². The topological polar surface area (TPSA) is 56.0 Å². The number of anilines is 1. The molecule has 0 aromatic heterocycles. The van der Waals surface area contributed by atoms with Gasteiger partial charge >= 0.3 is 0 Å². The zero-order chi connectivity index (χ0) is 9.68. The molecule has 0 spiro atoms. The summed E-state index contributed by atoms with van der Waals surface area (Å²) in [5, 5.41) is 20.7. The summed E-state index contributed by atoms with van der Waals surface area (Å²) in [5.74, 6) is 0. The Morgan fingerprint density at radius 1 is 1.62 bits per heavy atom. The molecular formula is C9H9ClN2O. The molecule has 2 N–H and O–H groups in total. The van der Waals surface area contributed by atoms with Crippen molar-refractivity contribution in [1.29, 1.82) is 5.26 Å². The van der Waals surface area contributed by atoms with Crippen LogP contribution in [0.5, 0.6) is 0 Å². The average molecular weight is 197 g/mol. The van der Waals surface area contributed by atoms with Crippen LogP contribution < -0.4 is 5.32 Å². The van der Waals surface area contributed by atoms with E-state index in [2.05, 4.69) is 5.32 Å². The Labute approximate surface area is 81.6 Å². The molecule has 1 aromatic carbocycles. The summed E-state index contributed by atoms with van der Waals surface area (Å²) in [6.07, 6.45) is 0. The Kier molecular flexibility index (Phi) is 3.56. The van der Waals surface area contributed by atoms with E-state index in [0.717, 1.165) is 5.69 Å². The van der Waals surface area contributed by atoms with Crippen LogP contribution in [0.3, 0.4) is 0 Å². The molecular weight excluding hydrogens is 188 g/mol. The smallest absolute Gasteiger partial charge is 0.137 e. The maximum Gasteiger partial charge on any atom is 0.137 e. The Bertz CT molecular complexity index is 322. The lowest BCUT2D eigenvalue weighted by molar-refractivity contribution is 0.293. The van der Waals surface area contributed by atoms with Crippen molar-refractivity contribution >= 4 is 17.3 Å². The van der Waals surface area contributed by atoms with Crippen LogP contribution in [-0.2, 0) is 0 Å². The van der Waals surface area contributed by atoms with E-state index >= 15 is 0 Å². The third kappa shape index (κ3) is 2.94. The van der Waals surface area contributed by atoms with E-state index in [-0.39, 0.29) is 6.61 Å². The molecule has 13 heavy (non-hydrogen) atoms. The Morgan fingerprint density at radius 2 is 2.38 bits per heavy atom. The summed E-state index contributed by atoms with van der Waals surface area (Å²) >= 11 is 5.73. The fourth-order valence-electron chi connectivity index (χ4n) is 0.898. The highest BCUT2D eigenvalue weighted by Crippen LogP contribution is 2.15. The third-order valence-corrected chi connectivity index (χ3v) is 1.74. The third-order valence-electron chi connectivity index (χ3n) is 1.50. The molecule has 1 unspecified atom stereocenters. The van der Waals surface area contributed by atoms with Crippen LogP contribution >= 0.6 is 11.6 Å². The molecule has 0 aliphatic heterocycles. The van der Waals surface area contributed by atoms with Gasteiger partial charge in [0.05, 0.1) is 12.7 Å². The van der Waals surface area contributed by atoms with Crippen molar-refractivity contribution in [3.63, 3.8) is 0 Å². The van der Waals surface area contributed by atoms with Gasteiger partial charge in [-0.2, -0.15) is 5.26 Å². The van der Waals surface area contributed by atoms with Crippen molar-refractivity contribution in [3.8, 4) is 6.07 Å². The number of rotatable bonds is 3. The number of nitrogens with one attached hydrogen (secondary N) is 1. The van der Waals surface area contributed by atoms with E-state index in [1.807, 2.05) is 6.07 Å². The second kappa shape index (κ2) is 4.70. The largest absolute Gasteiger partial charge is 0.393 e. The van der Waals surface area contributed by atoms with Crippen molar-refractivity contribution < 1.29 is 5.11 Å². The maximum absolute atomic E-state index is 8.74. The monoisotopic (exact) mass is 196 g/mol. The van der Waals surface area contributed by atoms with Crippen molar-refractivity contribution in [2.75, 3.05) is 11.9 Å². The van der Waals surface area contributed by atoms with Gasteiger partial charge < -0.3 is 10.4 Å². The molecule has 0 aliphatic carbocycles. The number of hydrogen-bond donors (Lipinski definition) is 2. The number of aliphatic hydroxyl groups is 1. The van der Waals surface area contributed by atoms with E-state index in [4.69, 9.17) is 22.0 Å². The SMILES string of the molecule is N#CC(CO)Nc1cccc(Cl)c1. The van der Waals surface area contributed by atoms with Gasteiger partial charge in [-0.05, 0) is 18.2 Å². The first kappa shape index (κ1) is 9.85. The van der Waals surface area contributed by atoms with Gasteiger partial charge in [0.2, 0.25) is 0 Å². The molecule has 0 aliphatic rings. The van der Waals surface area contributed by atoms with Gasteiger partial charge in [-0.15, -0.1) is 0 Å². The lowest BCUT2D eigenvalue weighted by Crippen LogP contribution is -2.21. The minimum Gasteiger partial charge on any atom is -0.393 e. The maximum atomic E-state index is 8.74. The van der Waals surface area contributed by atoms with Crippen molar-refractivity contribution in [1.82, 2.24) is 0 Å². The normalized spacial score (nSPS) is 11.8. The zero-order valence-electron chi connectivity index (χ0n) is 6.87. The minimum atomic E-state index is -0.585. The van der Waals surface area contributed by atoms with Crippen LogP contribution in [0.4, 0.5) is 5.69 Å². The average Bonchev–Trinajstić information content (AvgIpc) is 2.14. The quantitative estimate of drug-likeness (QED) is 0.773. The number of hydrogen-bond acceptors (Lipinski definition) is 3. The molecule has 4 heteroatoms. The van der Waals surface area contributed by atoms with Gasteiger partial charge in [0, 0.05) is 10.7 Å². The van der Waals surface area contributed by atoms with E-state index in [1.54, 1.807) is 24.3 Å². The molecule has 0 bridgehead atoms. The number of benzene rings is 1. The summed E-state index contributed by atoms with van der Waals surface area (Å²) in [6.45, 7) is -0.219. The second-order valence-electron chi connectivity index (χ2n) is 2.52. The molecule has 1 rings (SSSR count). The molecule has 0 saturated heterocycles. The Balaban J connectivity index is 2.69. The summed E-state index contributed by atoms with van der Waals surface area (Å²) in [7, 11) is 0. The highest BCUT2D eigenvalue weighted by molar-refractivity contribution is 6.30. The first-order valence-corrected chi connectivity index (χ1v) is 4.16. The van der Waals surface area contributed by atoms with Gasteiger partial charge in [-0.3, -0.25) is 0 Å². The Hall–Kier alpha value is -1.24. The summed E-state index contributed by atoms with van der Waals surface area (Å²) < 4.78 is 0. The van der Waals surface area contributed by atoms with E-state index < -0.39 is 6.04 Å². The minimum absolute atomic E-state index is 0.219. The Morgan fingerprint density at radius 3 is 2.92 bits per heavy atom. The van der Waals surface area contributed by atoms with Crippen LogP contribution in [-0.4, -0.2) is 17.8 Å². The molecule has 0 saturated carbocycles. The van der Waals surface area contributed by atoms with Crippen molar-refractivity contribution in [2.45, 2.75) is 6.04 Å². The lowest BCUT2D eigenvalue weighted by Gasteiger charge is -2.09. The van der Waals surface area contributed by atoms with Gasteiger partial charge in [-0.25, -0.2) is 0 Å². The molecule has 1 atom stereocenters. The van der Waals surface area contributed by atoms with Crippen LogP contribution in [0, 0.1) is 11.3 Å². The van der Waals surface area contributed by atoms with Crippen molar-refractivity contribution in [3.05, 3.63) is 29.3 Å². The summed E-state index contributed by atoms with van der Waals surface area (Å²) in [4.78, 5) is 0. The second-order valence-corrected chi connectivity index (χ2v) is 2.96. The first-order chi connectivity index (χ1) is 6.26. The lowest BCUT2D eigenvalue weighted by atomic mass is 10.3. The fourth-order valence-corrected chi connectivity index (χ4v) is 1.09. The predicted molar refractivity (Wildman–Crippen MR) is 51.6 cm³/mol. The molecule has 1 aromatic rings. The highest BCUT2D eigenvalue weighted by atomic mass is 35.5. The van der Waals surface area contributed by atoms with Gasteiger partial charge in [0.15, 0.2) is 0 Å². The van der Waals surface area contributed by atoms with E-state index in [9.17, 15) is 0 Å².